The number of aryl methyl sites for hydroxylation is 2. The topological polar surface area (TPSA) is 66.9 Å². The SMILES string of the molecule is CCC(CC)C(=O)Nc1ccc(Nc2cc(C)ccc2C)nn1. The molecule has 1 aromatic heterocycles. The van der Waals surface area contributed by atoms with E-state index in [-0.39, 0.29) is 11.8 Å². The molecule has 0 unspecified atom stereocenters. The van der Waals surface area contributed by atoms with Gasteiger partial charge in [0.05, 0.1) is 0 Å². The molecule has 2 aromatic rings. The van der Waals surface area contributed by atoms with Crippen LogP contribution in [0.2, 0.25) is 0 Å². The van der Waals surface area contributed by atoms with Crippen LogP contribution in [0.1, 0.15) is 37.8 Å². The Morgan fingerprint density at radius 2 is 1.70 bits per heavy atom. The van der Waals surface area contributed by atoms with Crippen LogP contribution in [0.15, 0.2) is 30.3 Å². The van der Waals surface area contributed by atoms with Crippen molar-refractivity contribution in [3.8, 4) is 0 Å². The molecular formula is C18H24N4O. The van der Waals surface area contributed by atoms with Gasteiger partial charge in [0.2, 0.25) is 5.91 Å². The monoisotopic (exact) mass is 312 g/mol. The van der Waals surface area contributed by atoms with Crippen LogP contribution in [0.25, 0.3) is 0 Å². The first-order valence-electron chi connectivity index (χ1n) is 8.02. The molecule has 2 rings (SSSR count). The van der Waals surface area contributed by atoms with Gasteiger partial charge >= 0.3 is 0 Å². The Morgan fingerprint density at radius 3 is 2.30 bits per heavy atom. The molecule has 122 valence electrons. The van der Waals surface area contributed by atoms with E-state index in [0.717, 1.165) is 24.1 Å². The fourth-order valence-corrected chi connectivity index (χ4v) is 2.36. The highest BCUT2D eigenvalue weighted by molar-refractivity contribution is 5.91. The molecular weight excluding hydrogens is 288 g/mol. The minimum Gasteiger partial charge on any atom is -0.339 e. The summed E-state index contributed by atoms with van der Waals surface area (Å²) in [6.45, 7) is 8.11. The summed E-state index contributed by atoms with van der Waals surface area (Å²) >= 11 is 0. The smallest absolute Gasteiger partial charge is 0.228 e. The second-order valence-electron chi connectivity index (χ2n) is 5.75. The standard InChI is InChI=1S/C18H24N4O/c1-5-14(6-2)18(23)20-17-10-9-16(21-22-17)19-15-11-12(3)7-8-13(15)4/h7-11,14H,5-6H2,1-4H3,(H,19,21)(H,20,22,23). The van der Waals surface area contributed by atoms with E-state index in [1.807, 2.05) is 33.8 Å². The largest absolute Gasteiger partial charge is 0.339 e. The zero-order valence-electron chi connectivity index (χ0n) is 14.2. The molecule has 0 atom stereocenters. The molecule has 2 N–H and O–H groups in total. The molecule has 0 aliphatic rings. The molecule has 0 fully saturated rings. The lowest BCUT2D eigenvalue weighted by molar-refractivity contribution is -0.120. The van der Waals surface area contributed by atoms with E-state index in [9.17, 15) is 4.79 Å². The van der Waals surface area contributed by atoms with E-state index < -0.39 is 0 Å². The van der Waals surface area contributed by atoms with E-state index in [0.29, 0.717) is 11.6 Å². The average molecular weight is 312 g/mol. The van der Waals surface area contributed by atoms with E-state index in [1.54, 1.807) is 6.07 Å². The van der Waals surface area contributed by atoms with Crippen molar-refractivity contribution in [3.05, 3.63) is 41.5 Å². The van der Waals surface area contributed by atoms with Crippen LogP contribution in [0.3, 0.4) is 0 Å². The maximum Gasteiger partial charge on any atom is 0.228 e. The van der Waals surface area contributed by atoms with Crippen LogP contribution in [0, 0.1) is 19.8 Å². The summed E-state index contributed by atoms with van der Waals surface area (Å²) in [5, 5.41) is 14.3. The fourth-order valence-electron chi connectivity index (χ4n) is 2.36. The van der Waals surface area contributed by atoms with Crippen molar-refractivity contribution in [3.63, 3.8) is 0 Å². The molecule has 0 saturated heterocycles. The summed E-state index contributed by atoms with van der Waals surface area (Å²) in [7, 11) is 0. The summed E-state index contributed by atoms with van der Waals surface area (Å²) < 4.78 is 0. The number of rotatable bonds is 6. The van der Waals surface area contributed by atoms with Crippen molar-refractivity contribution in [2.45, 2.75) is 40.5 Å². The highest BCUT2D eigenvalue weighted by Crippen LogP contribution is 2.20. The molecule has 1 aromatic carbocycles. The second-order valence-corrected chi connectivity index (χ2v) is 5.75. The van der Waals surface area contributed by atoms with E-state index in [4.69, 9.17) is 0 Å². The third-order valence-electron chi connectivity index (χ3n) is 3.93. The number of hydrogen-bond donors (Lipinski definition) is 2. The first kappa shape index (κ1) is 16.9. The van der Waals surface area contributed by atoms with Crippen molar-refractivity contribution in [1.29, 1.82) is 0 Å². The second kappa shape index (κ2) is 7.72. The lowest BCUT2D eigenvalue weighted by Gasteiger charge is -2.12. The quantitative estimate of drug-likeness (QED) is 0.838. The summed E-state index contributed by atoms with van der Waals surface area (Å²) in [5.74, 6) is 1.15. The van der Waals surface area contributed by atoms with Crippen LogP contribution < -0.4 is 10.6 Å². The molecule has 5 nitrogen and oxygen atoms in total. The summed E-state index contributed by atoms with van der Waals surface area (Å²) in [6.07, 6.45) is 1.64. The van der Waals surface area contributed by atoms with E-state index in [1.165, 1.54) is 5.56 Å². The van der Waals surface area contributed by atoms with Crippen molar-refractivity contribution >= 4 is 23.2 Å². The summed E-state index contributed by atoms with van der Waals surface area (Å²) in [5.41, 5.74) is 3.33. The number of nitrogens with zero attached hydrogens (tertiary/aromatic N) is 2. The number of aromatic nitrogens is 2. The number of anilines is 3. The Morgan fingerprint density at radius 1 is 1.04 bits per heavy atom. The highest BCUT2D eigenvalue weighted by Gasteiger charge is 2.14. The van der Waals surface area contributed by atoms with E-state index in [2.05, 4.69) is 39.0 Å². The highest BCUT2D eigenvalue weighted by atomic mass is 16.1. The lowest BCUT2D eigenvalue weighted by Crippen LogP contribution is -2.22. The molecule has 0 aliphatic heterocycles. The van der Waals surface area contributed by atoms with Crippen LogP contribution in [0.4, 0.5) is 17.3 Å². The zero-order chi connectivity index (χ0) is 16.8. The molecule has 0 bridgehead atoms. The van der Waals surface area contributed by atoms with Gasteiger partial charge in [-0.15, -0.1) is 10.2 Å². The van der Waals surface area contributed by atoms with Crippen molar-refractivity contribution in [2.24, 2.45) is 5.92 Å². The minimum atomic E-state index is -0.000428. The summed E-state index contributed by atoms with van der Waals surface area (Å²) in [6, 6.07) is 9.79. The van der Waals surface area contributed by atoms with Crippen LogP contribution in [-0.4, -0.2) is 16.1 Å². The average Bonchev–Trinajstić information content (AvgIpc) is 2.54. The van der Waals surface area contributed by atoms with Gasteiger partial charge in [0.15, 0.2) is 11.6 Å². The zero-order valence-corrected chi connectivity index (χ0v) is 14.2. The van der Waals surface area contributed by atoms with Gasteiger partial charge in [-0.2, -0.15) is 0 Å². The molecule has 1 heterocycles. The number of carbonyl (C=O) groups is 1. The number of benzene rings is 1. The van der Waals surface area contributed by atoms with Crippen molar-refractivity contribution in [2.75, 3.05) is 10.6 Å². The Balaban J connectivity index is 2.05. The molecule has 0 saturated carbocycles. The van der Waals surface area contributed by atoms with Gasteiger partial charge in [0, 0.05) is 11.6 Å². The van der Waals surface area contributed by atoms with Crippen molar-refractivity contribution < 1.29 is 4.79 Å². The van der Waals surface area contributed by atoms with Crippen LogP contribution >= 0.6 is 0 Å². The maximum atomic E-state index is 12.0. The van der Waals surface area contributed by atoms with Crippen LogP contribution in [0.5, 0.6) is 0 Å². The Kier molecular flexibility index (Phi) is 5.68. The third kappa shape index (κ3) is 4.52. The molecule has 23 heavy (non-hydrogen) atoms. The van der Waals surface area contributed by atoms with Crippen molar-refractivity contribution in [1.82, 2.24) is 10.2 Å². The van der Waals surface area contributed by atoms with Gasteiger partial charge in [-0.25, -0.2) is 0 Å². The molecule has 5 heteroatoms. The third-order valence-corrected chi connectivity index (χ3v) is 3.93. The number of nitrogens with one attached hydrogen (secondary N) is 2. The lowest BCUT2D eigenvalue weighted by atomic mass is 10.0. The van der Waals surface area contributed by atoms with E-state index >= 15 is 0 Å². The van der Waals surface area contributed by atoms with Crippen LogP contribution in [-0.2, 0) is 4.79 Å². The minimum absolute atomic E-state index is 0.000428. The number of carbonyl (C=O) groups excluding carboxylic acids is 1. The van der Waals surface area contributed by atoms with Gasteiger partial charge in [0.25, 0.3) is 0 Å². The molecule has 0 spiro atoms. The summed E-state index contributed by atoms with van der Waals surface area (Å²) in [4.78, 5) is 12.0. The van der Waals surface area contributed by atoms with Gasteiger partial charge < -0.3 is 10.6 Å². The predicted molar refractivity (Wildman–Crippen MR) is 93.9 cm³/mol. The maximum absolute atomic E-state index is 12.0. The molecule has 1 amide bonds. The van der Waals surface area contributed by atoms with Gasteiger partial charge in [-0.05, 0) is 56.0 Å². The van der Waals surface area contributed by atoms with Gasteiger partial charge in [-0.3, -0.25) is 4.79 Å². The Hall–Kier alpha value is -2.43. The number of hydrogen-bond acceptors (Lipinski definition) is 4. The van der Waals surface area contributed by atoms with Gasteiger partial charge in [-0.1, -0.05) is 26.0 Å². The fraction of sp³-hybridized carbons (Fsp3) is 0.389. The normalized spacial score (nSPS) is 10.7. The predicted octanol–water partition coefficient (Wildman–Crippen LogP) is 4.21. The first-order chi connectivity index (χ1) is 11.0. The van der Waals surface area contributed by atoms with Gasteiger partial charge in [0.1, 0.15) is 0 Å². The molecule has 0 radical (unpaired) electrons. The Bertz CT molecular complexity index is 663. The number of amides is 1. The Labute approximate surface area is 137 Å². The first-order valence-corrected chi connectivity index (χ1v) is 8.02. The molecule has 0 aliphatic carbocycles.